The minimum absolute atomic E-state index is 0.179. The second-order valence-corrected chi connectivity index (χ2v) is 8.32. The summed E-state index contributed by atoms with van der Waals surface area (Å²) in [6.07, 6.45) is 1.95. The summed E-state index contributed by atoms with van der Waals surface area (Å²) in [5.74, 6) is -0.226. The molecule has 0 bridgehead atoms. The molecule has 1 aromatic heterocycles. The first-order chi connectivity index (χ1) is 15.1. The summed E-state index contributed by atoms with van der Waals surface area (Å²) in [5.41, 5.74) is 4.12. The topological polar surface area (TPSA) is 52.2 Å². The first-order valence-corrected chi connectivity index (χ1v) is 10.8. The third kappa shape index (κ3) is 3.77. The number of halogens is 2. The van der Waals surface area contributed by atoms with Crippen LogP contribution in [0.15, 0.2) is 76.7 Å². The lowest BCUT2D eigenvalue weighted by Crippen LogP contribution is -2.30. The lowest BCUT2D eigenvalue weighted by Gasteiger charge is -2.26. The van der Waals surface area contributed by atoms with Crippen molar-refractivity contribution in [3.05, 3.63) is 95.2 Å². The second-order valence-electron chi connectivity index (χ2n) is 7.47. The molecule has 0 saturated heterocycles. The van der Waals surface area contributed by atoms with Crippen molar-refractivity contribution in [1.29, 1.82) is 0 Å². The summed E-state index contributed by atoms with van der Waals surface area (Å²) in [4.78, 5) is 8.69. The molecule has 0 spiro atoms. The van der Waals surface area contributed by atoms with Crippen molar-refractivity contribution in [1.82, 2.24) is 9.71 Å². The number of H-pyrrole nitrogens is 1. The third-order valence-corrected chi connectivity index (χ3v) is 6.34. The van der Waals surface area contributed by atoms with E-state index in [0.717, 1.165) is 26.9 Å². The van der Waals surface area contributed by atoms with Gasteiger partial charge < -0.3 is 10.3 Å². The standard InChI is InChI=1S/C24H20F2N4S/c1-14(18-13-27-20-8-3-2-7-17(18)20)22-19(26)9-10-21-23(22)29-24(30-31-21)28-12-15-5-4-6-16(25)11-15/h2-11,13-14,27H,12H2,1H3,(H2,28,29,30). The number of nitrogens with zero attached hydrogens (tertiary/aromatic N) is 1. The van der Waals surface area contributed by atoms with Crippen molar-refractivity contribution in [3.8, 4) is 0 Å². The lowest BCUT2D eigenvalue weighted by molar-refractivity contribution is 0.603. The molecule has 2 heterocycles. The van der Waals surface area contributed by atoms with E-state index in [1.807, 2.05) is 43.5 Å². The van der Waals surface area contributed by atoms with Crippen molar-refractivity contribution in [3.63, 3.8) is 0 Å². The summed E-state index contributed by atoms with van der Waals surface area (Å²) in [7, 11) is 0. The van der Waals surface area contributed by atoms with E-state index in [1.165, 1.54) is 30.1 Å². The maximum Gasteiger partial charge on any atom is 0.206 e. The van der Waals surface area contributed by atoms with E-state index >= 15 is 4.39 Å². The summed E-state index contributed by atoms with van der Waals surface area (Å²) in [6, 6.07) is 17.6. The molecule has 4 aromatic rings. The second kappa shape index (κ2) is 8.07. The Morgan fingerprint density at radius 3 is 2.77 bits per heavy atom. The van der Waals surface area contributed by atoms with Crippen LogP contribution < -0.4 is 10.0 Å². The number of anilines is 1. The SMILES string of the molecule is CC(c1c(F)ccc2c1NC(=NCc1cccc(F)c1)NS2)c1c[nH]c2ccccc12. The number of fused-ring (bicyclic) bond motifs is 2. The first-order valence-electron chi connectivity index (χ1n) is 9.97. The van der Waals surface area contributed by atoms with Gasteiger partial charge in [-0.25, -0.2) is 13.8 Å². The van der Waals surface area contributed by atoms with Gasteiger partial charge in [0.1, 0.15) is 11.6 Å². The average molecular weight is 435 g/mol. The lowest BCUT2D eigenvalue weighted by atomic mass is 9.91. The number of guanidine groups is 1. The number of aliphatic imine (C=N–C) groups is 1. The van der Waals surface area contributed by atoms with Gasteiger partial charge in [0, 0.05) is 28.6 Å². The number of rotatable bonds is 4. The van der Waals surface area contributed by atoms with Gasteiger partial charge in [0.05, 0.1) is 17.1 Å². The highest BCUT2D eigenvalue weighted by atomic mass is 32.2. The Bertz CT molecular complexity index is 1300. The maximum atomic E-state index is 15.1. The normalized spacial score (nSPS) is 15.4. The van der Waals surface area contributed by atoms with E-state index in [9.17, 15) is 4.39 Å². The summed E-state index contributed by atoms with van der Waals surface area (Å²) >= 11 is 1.38. The molecule has 0 fully saturated rings. The molecule has 1 unspecified atom stereocenters. The highest BCUT2D eigenvalue weighted by Gasteiger charge is 2.26. The quantitative estimate of drug-likeness (QED) is 0.336. The van der Waals surface area contributed by atoms with Crippen LogP contribution >= 0.6 is 11.9 Å². The Hall–Kier alpha value is -3.32. The number of hydrogen-bond donors (Lipinski definition) is 3. The van der Waals surface area contributed by atoms with Crippen molar-refractivity contribution >= 4 is 34.5 Å². The largest absolute Gasteiger partial charge is 0.361 e. The molecule has 4 nitrogen and oxygen atoms in total. The van der Waals surface area contributed by atoms with Crippen molar-refractivity contribution in [2.45, 2.75) is 24.3 Å². The highest BCUT2D eigenvalue weighted by molar-refractivity contribution is 7.98. The van der Waals surface area contributed by atoms with Gasteiger partial charge in [-0.1, -0.05) is 37.3 Å². The van der Waals surface area contributed by atoms with Crippen LogP contribution in [0.4, 0.5) is 14.5 Å². The molecule has 31 heavy (non-hydrogen) atoms. The van der Waals surface area contributed by atoms with Gasteiger partial charge in [0.15, 0.2) is 0 Å². The van der Waals surface area contributed by atoms with Crippen molar-refractivity contribution in [2.24, 2.45) is 4.99 Å². The highest BCUT2D eigenvalue weighted by Crippen LogP contribution is 2.41. The van der Waals surface area contributed by atoms with Gasteiger partial charge in [0.2, 0.25) is 5.96 Å². The van der Waals surface area contributed by atoms with Crippen LogP contribution in [0.2, 0.25) is 0 Å². The third-order valence-electron chi connectivity index (χ3n) is 5.48. The number of nitrogens with one attached hydrogen (secondary N) is 3. The Labute approximate surface area is 182 Å². The molecule has 1 aliphatic heterocycles. The smallest absolute Gasteiger partial charge is 0.206 e. The Balaban J connectivity index is 1.49. The average Bonchev–Trinajstić information content (AvgIpc) is 3.21. The Kier molecular flexibility index (Phi) is 5.11. The van der Waals surface area contributed by atoms with Crippen LogP contribution in [0, 0.1) is 11.6 Å². The zero-order chi connectivity index (χ0) is 21.4. The Morgan fingerprint density at radius 2 is 1.90 bits per heavy atom. The molecule has 0 aliphatic carbocycles. The molecule has 1 aliphatic rings. The van der Waals surface area contributed by atoms with Gasteiger partial charge in [-0.15, -0.1) is 0 Å². The van der Waals surface area contributed by atoms with Crippen LogP contribution in [0.5, 0.6) is 0 Å². The maximum absolute atomic E-state index is 15.1. The minimum atomic E-state index is -0.293. The van der Waals surface area contributed by atoms with Crippen molar-refractivity contribution in [2.75, 3.05) is 5.32 Å². The molecule has 0 amide bonds. The van der Waals surface area contributed by atoms with Crippen LogP contribution in [-0.2, 0) is 6.54 Å². The van der Waals surface area contributed by atoms with Gasteiger partial charge in [-0.05, 0) is 53.4 Å². The summed E-state index contributed by atoms with van der Waals surface area (Å²) < 4.78 is 31.7. The zero-order valence-electron chi connectivity index (χ0n) is 16.7. The van der Waals surface area contributed by atoms with Crippen molar-refractivity contribution < 1.29 is 8.78 Å². The van der Waals surface area contributed by atoms with Crippen LogP contribution in [0.1, 0.15) is 29.5 Å². The molecule has 1 atom stereocenters. The minimum Gasteiger partial charge on any atom is -0.361 e. The van der Waals surface area contributed by atoms with Crippen LogP contribution in [0.25, 0.3) is 10.9 Å². The van der Waals surface area contributed by atoms with Gasteiger partial charge in [-0.2, -0.15) is 0 Å². The number of hydrogen-bond acceptors (Lipinski definition) is 2. The fraction of sp³-hybridized carbons (Fsp3) is 0.125. The van der Waals surface area contributed by atoms with E-state index in [-0.39, 0.29) is 17.6 Å². The molecule has 7 heteroatoms. The number of aromatic amines is 1. The summed E-state index contributed by atoms with van der Waals surface area (Å²) in [6.45, 7) is 2.32. The molecule has 3 aromatic carbocycles. The fourth-order valence-corrected chi connectivity index (χ4v) is 4.67. The monoisotopic (exact) mass is 434 g/mol. The Morgan fingerprint density at radius 1 is 1.03 bits per heavy atom. The predicted octanol–water partition coefficient (Wildman–Crippen LogP) is 6.18. The predicted molar refractivity (Wildman–Crippen MR) is 122 cm³/mol. The number of para-hydroxylation sites is 1. The fourth-order valence-electron chi connectivity index (χ4n) is 3.94. The molecule has 0 radical (unpaired) electrons. The molecule has 5 rings (SSSR count). The van der Waals surface area contributed by atoms with E-state index in [2.05, 4.69) is 20.0 Å². The first kappa shape index (κ1) is 19.6. The van der Waals surface area contributed by atoms with Gasteiger partial charge in [0.25, 0.3) is 0 Å². The zero-order valence-corrected chi connectivity index (χ0v) is 17.6. The van der Waals surface area contributed by atoms with E-state index in [1.54, 1.807) is 12.1 Å². The molecular formula is C24H20F2N4S. The molecular weight excluding hydrogens is 414 g/mol. The number of aromatic nitrogens is 1. The van der Waals surface area contributed by atoms with Crippen LogP contribution in [0.3, 0.4) is 0 Å². The van der Waals surface area contributed by atoms with E-state index in [0.29, 0.717) is 23.8 Å². The number of benzene rings is 3. The van der Waals surface area contributed by atoms with E-state index < -0.39 is 0 Å². The summed E-state index contributed by atoms with van der Waals surface area (Å²) in [5, 5.41) is 4.33. The molecule has 3 N–H and O–H groups in total. The molecule has 0 saturated carbocycles. The molecule has 156 valence electrons. The van der Waals surface area contributed by atoms with Crippen LogP contribution in [-0.4, -0.2) is 10.9 Å². The van der Waals surface area contributed by atoms with Gasteiger partial charge in [-0.3, -0.25) is 4.72 Å². The van der Waals surface area contributed by atoms with Gasteiger partial charge >= 0.3 is 0 Å². The van der Waals surface area contributed by atoms with E-state index in [4.69, 9.17) is 0 Å².